The first-order chi connectivity index (χ1) is 14.2. The quantitative estimate of drug-likeness (QED) is 0.524. The number of anilines is 1. The van der Waals surface area contributed by atoms with Crippen LogP contribution in [0.2, 0.25) is 0 Å². The summed E-state index contributed by atoms with van der Waals surface area (Å²) < 4.78 is 47.2. The minimum absolute atomic E-state index is 0.0530. The molecule has 0 aliphatic rings. The van der Waals surface area contributed by atoms with E-state index in [4.69, 9.17) is 0 Å². The van der Waals surface area contributed by atoms with Gasteiger partial charge >= 0.3 is 5.97 Å². The van der Waals surface area contributed by atoms with Gasteiger partial charge in [-0.05, 0) is 64.0 Å². The molecule has 0 spiro atoms. The minimum atomic E-state index is -4.18. The molecule has 0 bridgehead atoms. The minimum Gasteiger partial charge on any atom is -0.465 e. The summed E-state index contributed by atoms with van der Waals surface area (Å²) in [5.74, 6) is -1.18. The number of sulfonamides is 1. The summed E-state index contributed by atoms with van der Waals surface area (Å²) in [5.41, 5.74) is 1.18. The highest BCUT2D eigenvalue weighted by Crippen LogP contribution is 2.33. The maximum absolute atomic E-state index is 13.7. The topological polar surface area (TPSA) is 96.3 Å². The summed E-state index contributed by atoms with van der Waals surface area (Å²) in [4.78, 5) is 11.6. The molecule has 0 heterocycles. The average Bonchev–Trinajstić information content (AvgIpc) is 2.73. The Hall–Kier alpha value is -3.22. The number of rotatable bonds is 5. The van der Waals surface area contributed by atoms with Crippen LogP contribution in [0.3, 0.4) is 0 Å². The highest BCUT2D eigenvalue weighted by molar-refractivity contribution is 9.10. The van der Waals surface area contributed by atoms with Crippen molar-refractivity contribution in [2.75, 3.05) is 11.8 Å². The molecule has 0 amide bonds. The van der Waals surface area contributed by atoms with E-state index in [1.807, 2.05) is 6.07 Å². The number of esters is 1. The van der Waals surface area contributed by atoms with Crippen LogP contribution in [0.4, 0.5) is 10.1 Å². The fourth-order valence-electron chi connectivity index (χ4n) is 2.76. The molecule has 6 nitrogen and oxygen atoms in total. The number of ether oxygens (including phenoxy) is 1. The first-order valence-corrected chi connectivity index (χ1v) is 10.7. The van der Waals surface area contributed by atoms with Gasteiger partial charge < -0.3 is 4.74 Å². The lowest BCUT2D eigenvalue weighted by molar-refractivity contribution is 0.0600. The molecule has 0 atom stereocenters. The van der Waals surface area contributed by atoms with E-state index in [0.717, 1.165) is 0 Å². The van der Waals surface area contributed by atoms with Crippen LogP contribution in [0.1, 0.15) is 15.9 Å². The Bertz CT molecular complexity index is 1290. The van der Waals surface area contributed by atoms with E-state index in [2.05, 4.69) is 25.4 Å². The second-order valence-electron chi connectivity index (χ2n) is 6.12. The lowest BCUT2D eigenvalue weighted by Crippen LogP contribution is -2.15. The van der Waals surface area contributed by atoms with Gasteiger partial charge in [-0.15, -0.1) is 0 Å². The van der Waals surface area contributed by atoms with Gasteiger partial charge in [0.2, 0.25) is 0 Å². The normalized spacial score (nSPS) is 10.9. The maximum atomic E-state index is 13.7. The Morgan fingerprint density at radius 3 is 2.57 bits per heavy atom. The summed E-state index contributed by atoms with van der Waals surface area (Å²) in [6.07, 6.45) is 0. The van der Waals surface area contributed by atoms with Crippen LogP contribution in [0.15, 0.2) is 70.0 Å². The van der Waals surface area contributed by atoms with Gasteiger partial charge in [-0.25, -0.2) is 17.6 Å². The summed E-state index contributed by atoms with van der Waals surface area (Å²) in [5, 5.41) is 9.21. The van der Waals surface area contributed by atoms with Crippen molar-refractivity contribution >= 4 is 37.6 Å². The van der Waals surface area contributed by atoms with E-state index in [1.165, 1.54) is 61.7 Å². The van der Waals surface area contributed by atoms with Crippen LogP contribution in [0.25, 0.3) is 11.1 Å². The third kappa shape index (κ3) is 4.50. The number of benzene rings is 3. The van der Waals surface area contributed by atoms with Gasteiger partial charge in [-0.3, -0.25) is 4.72 Å². The smallest absolute Gasteiger partial charge is 0.337 e. The first-order valence-electron chi connectivity index (χ1n) is 8.46. The fraction of sp³-hybridized carbons (Fsp3) is 0.0476. The van der Waals surface area contributed by atoms with Gasteiger partial charge in [-0.1, -0.05) is 18.2 Å². The zero-order valence-corrected chi connectivity index (χ0v) is 17.9. The number of hydrogen-bond donors (Lipinski definition) is 1. The summed E-state index contributed by atoms with van der Waals surface area (Å²) in [6, 6.07) is 16.0. The monoisotopic (exact) mass is 488 g/mol. The van der Waals surface area contributed by atoms with Gasteiger partial charge in [0.1, 0.15) is 10.7 Å². The Morgan fingerprint density at radius 1 is 1.13 bits per heavy atom. The molecule has 0 fully saturated rings. The van der Waals surface area contributed by atoms with Crippen molar-refractivity contribution in [1.82, 2.24) is 0 Å². The number of hydrogen-bond acceptors (Lipinski definition) is 5. The molecule has 0 saturated carbocycles. The molecular weight excluding hydrogens is 475 g/mol. The molecule has 0 aliphatic carbocycles. The van der Waals surface area contributed by atoms with Crippen LogP contribution >= 0.6 is 15.9 Å². The molecule has 30 heavy (non-hydrogen) atoms. The molecule has 0 aromatic heterocycles. The zero-order valence-electron chi connectivity index (χ0n) is 15.5. The number of nitriles is 1. The lowest BCUT2D eigenvalue weighted by atomic mass is 10.0. The standard InChI is InChI=1S/C21H14BrFN2O4S/c1-29-21(26)15-6-8-18(22)20(11-15)30(27,28)25-19-9-13(12-24)5-7-17(19)14-3-2-4-16(23)10-14/h2-11,25H,1H3. The predicted octanol–water partition coefficient (Wildman–Crippen LogP) is 4.71. The van der Waals surface area contributed by atoms with E-state index in [1.54, 1.807) is 6.07 Å². The summed E-state index contributed by atoms with van der Waals surface area (Å²) >= 11 is 3.18. The Kier molecular flexibility index (Phi) is 6.20. The molecule has 3 aromatic rings. The van der Waals surface area contributed by atoms with Gasteiger partial charge in [-0.2, -0.15) is 5.26 Å². The second kappa shape index (κ2) is 8.65. The molecule has 152 valence electrons. The predicted molar refractivity (Wildman–Crippen MR) is 113 cm³/mol. The van der Waals surface area contributed by atoms with Crippen LogP contribution in [0.5, 0.6) is 0 Å². The van der Waals surface area contributed by atoms with E-state index in [9.17, 15) is 22.9 Å². The van der Waals surface area contributed by atoms with Crippen LogP contribution in [0, 0.1) is 17.1 Å². The third-order valence-corrected chi connectivity index (χ3v) is 6.53. The first kappa shape index (κ1) is 21.5. The maximum Gasteiger partial charge on any atom is 0.337 e. The van der Waals surface area contributed by atoms with E-state index < -0.39 is 21.8 Å². The van der Waals surface area contributed by atoms with Crippen LogP contribution < -0.4 is 4.72 Å². The SMILES string of the molecule is COC(=O)c1ccc(Br)c(S(=O)(=O)Nc2cc(C#N)ccc2-c2cccc(F)c2)c1. The molecule has 0 saturated heterocycles. The summed E-state index contributed by atoms with van der Waals surface area (Å²) in [7, 11) is -2.99. The molecule has 3 aromatic carbocycles. The largest absolute Gasteiger partial charge is 0.465 e. The van der Waals surface area contributed by atoms with Gasteiger partial charge in [0, 0.05) is 10.0 Å². The number of carbonyl (C=O) groups is 1. The van der Waals surface area contributed by atoms with Gasteiger partial charge in [0.15, 0.2) is 0 Å². The van der Waals surface area contributed by atoms with Crippen LogP contribution in [-0.2, 0) is 14.8 Å². The average molecular weight is 489 g/mol. The van der Waals surface area contributed by atoms with Crippen molar-refractivity contribution in [2.45, 2.75) is 4.90 Å². The molecular formula is C21H14BrFN2O4S. The van der Waals surface area contributed by atoms with Gasteiger partial charge in [0.25, 0.3) is 10.0 Å². The molecule has 0 unspecified atom stereocenters. The highest BCUT2D eigenvalue weighted by Gasteiger charge is 2.22. The third-order valence-electron chi connectivity index (χ3n) is 4.17. The Labute approximate surface area is 181 Å². The number of halogens is 2. The van der Waals surface area contributed by atoms with E-state index in [-0.39, 0.29) is 26.2 Å². The number of nitrogens with zero attached hydrogens (tertiary/aromatic N) is 1. The zero-order chi connectivity index (χ0) is 21.9. The number of carbonyl (C=O) groups excluding carboxylic acids is 1. The van der Waals surface area contributed by atoms with Crippen molar-refractivity contribution in [3.8, 4) is 17.2 Å². The van der Waals surface area contributed by atoms with Crippen molar-refractivity contribution < 1.29 is 22.3 Å². The van der Waals surface area contributed by atoms with Crippen molar-refractivity contribution in [3.63, 3.8) is 0 Å². The van der Waals surface area contributed by atoms with Crippen molar-refractivity contribution in [2.24, 2.45) is 0 Å². The van der Waals surface area contributed by atoms with Gasteiger partial charge in [0.05, 0.1) is 30.0 Å². The van der Waals surface area contributed by atoms with Crippen molar-refractivity contribution in [1.29, 1.82) is 5.26 Å². The van der Waals surface area contributed by atoms with Crippen LogP contribution in [-0.4, -0.2) is 21.5 Å². The Balaban J connectivity index is 2.12. The molecule has 9 heteroatoms. The molecule has 0 radical (unpaired) electrons. The highest BCUT2D eigenvalue weighted by atomic mass is 79.9. The molecule has 1 N–H and O–H groups in total. The van der Waals surface area contributed by atoms with Crippen molar-refractivity contribution in [3.05, 3.63) is 82.1 Å². The lowest BCUT2D eigenvalue weighted by Gasteiger charge is -2.15. The summed E-state index contributed by atoms with van der Waals surface area (Å²) in [6.45, 7) is 0. The second-order valence-corrected chi connectivity index (χ2v) is 8.63. The van der Waals surface area contributed by atoms with E-state index in [0.29, 0.717) is 11.1 Å². The Morgan fingerprint density at radius 2 is 1.90 bits per heavy atom. The number of nitrogens with one attached hydrogen (secondary N) is 1. The number of methoxy groups -OCH3 is 1. The molecule has 3 rings (SSSR count). The van der Waals surface area contributed by atoms with E-state index >= 15 is 0 Å². The fourth-order valence-corrected chi connectivity index (χ4v) is 4.82. The molecule has 0 aliphatic heterocycles.